The minimum atomic E-state index is -1.09. The summed E-state index contributed by atoms with van der Waals surface area (Å²) < 4.78 is 13.4. The summed E-state index contributed by atoms with van der Waals surface area (Å²) in [5, 5.41) is 8.54. The third-order valence-electron chi connectivity index (χ3n) is 1.25. The zero-order valence-corrected chi connectivity index (χ0v) is 7.39. The Bertz CT molecular complexity index is 343. The van der Waals surface area contributed by atoms with Gasteiger partial charge in [-0.15, -0.1) is 0 Å². The van der Waals surface area contributed by atoms with Crippen molar-refractivity contribution in [2.24, 2.45) is 0 Å². The van der Waals surface area contributed by atoms with E-state index in [9.17, 15) is 4.21 Å². The van der Waals surface area contributed by atoms with Crippen molar-refractivity contribution in [2.45, 2.75) is 0 Å². The molecular weight excluding hydrogens is 172 g/mol. The molecule has 0 fully saturated rings. The molecular formula is C8H8N2OS. The summed E-state index contributed by atoms with van der Waals surface area (Å²) in [5.41, 5.74) is 1.26. The number of hydrogen-bond acceptors (Lipinski definition) is 2. The average molecular weight is 180 g/mol. The Hall–Kier alpha value is -1.34. The number of hydrogen-bond donors (Lipinski definition) is 1. The molecule has 1 aromatic carbocycles. The van der Waals surface area contributed by atoms with Gasteiger partial charge in [0.1, 0.15) is 11.0 Å². The van der Waals surface area contributed by atoms with E-state index >= 15 is 0 Å². The fourth-order valence-electron chi connectivity index (χ4n) is 0.818. The molecule has 3 nitrogen and oxygen atoms in total. The van der Waals surface area contributed by atoms with E-state index in [1.54, 1.807) is 30.5 Å². The molecule has 1 aromatic rings. The Morgan fingerprint density at radius 1 is 1.58 bits per heavy atom. The van der Waals surface area contributed by atoms with Gasteiger partial charge < -0.3 is 4.72 Å². The molecule has 0 amide bonds. The van der Waals surface area contributed by atoms with E-state index in [1.807, 2.05) is 6.07 Å². The topological polar surface area (TPSA) is 52.9 Å². The van der Waals surface area contributed by atoms with Gasteiger partial charge in [0.05, 0.1) is 11.6 Å². The van der Waals surface area contributed by atoms with Gasteiger partial charge in [-0.05, 0) is 18.2 Å². The first kappa shape index (κ1) is 8.75. The van der Waals surface area contributed by atoms with Crippen molar-refractivity contribution in [1.29, 1.82) is 5.26 Å². The molecule has 12 heavy (non-hydrogen) atoms. The van der Waals surface area contributed by atoms with Gasteiger partial charge in [-0.25, -0.2) is 4.21 Å². The highest BCUT2D eigenvalue weighted by Crippen LogP contribution is 2.09. The summed E-state index contributed by atoms with van der Waals surface area (Å²) in [6.45, 7) is 0. The van der Waals surface area contributed by atoms with Crippen LogP contribution in [0.1, 0.15) is 5.56 Å². The highest BCUT2D eigenvalue weighted by atomic mass is 32.2. The Morgan fingerprint density at radius 2 is 2.33 bits per heavy atom. The molecule has 0 bridgehead atoms. The SMILES string of the molecule is CS(=O)Nc1cccc(C#N)c1. The lowest BCUT2D eigenvalue weighted by atomic mass is 10.2. The van der Waals surface area contributed by atoms with Crippen LogP contribution in [-0.4, -0.2) is 10.5 Å². The van der Waals surface area contributed by atoms with Gasteiger partial charge in [0, 0.05) is 11.9 Å². The zero-order valence-electron chi connectivity index (χ0n) is 6.57. The van der Waals surface area contributed by atoms with Crippen LogP contribution in [0.3, 0.4) is 0 Å². The van der Waals surface area contributed by atoms with Crippen molar-refractivity contribution in [3.63, 3.8) is 0 Å². The summed E-state index contributed by atoms with van der Waals surface area (Å²) in [7, 11) is -1.09. The van der Waals surface area contributed by atoms with Crippen LogP contribution in [0.4, 0.5) is 5.69 Å². The monoisotopic (exact) mass is 180 g/mol. The summed E-state index contributed by atoms with van der Waals surface area (Å²) in [6.07, 6.45) is 1.54. The number of nitrogens with one attached hydrogen (secondary N) is 1. The lowest BCUT2D eigenvalue weighted by molar-refractivity contribution is 0.690. The maximum absolute atomic E-state index is 10.7. The second kappa shape index (κ2) is 3.88. The highest BCUT2D eigenvalue weighted by Gasteiger charge is 1.94. The van der Waals surface area contributed by atoms with Crippen LogP contribution in [0.15, 0.2) is 24.3 Å². The molecule has 0 radical (unpaired) electrons. The van der Waals surface area contributed by atoms with Crippen LogP contribution in [0.2, 0.25) is 0 Å². The first-order chi connectivity index (χ1) is 5.72. The first-order valence-corrected chi connectivity index (χ1v) is 4.88. The number of nitriles is 1. The lowest BCUT2D eigenvalue weighted by Gasteiger charge is -2.00. The number of rotatable bonds is 2. The number of anilines is 1. The Balaban J connectivity index is 2.88. The second-order valence-corrected chi connectivity index (χ2v) is 3.36. The standard InChI is InChI=1S/C8H8N2OS/c1-12(11)10-8-4-2-3-7(5-8)6-9/h2-5,10H,1H3. The van der Waals surface area contributed by atoms with Crippen molar-refractivity contribution in [3.05, 3.63) is 29.8 Å². The summed E-state index contributed by atoms with van der Waals surface area (Å²) in [5.74, 6) is 0. The van der Waals surface area contributed by atoms with Crippen LogP contribution in [0.5, 0.6) is 0 Å². The van der Waals surface area contributed by atoms with Crippen molar-refractivity contribution in [1.82, 2.24) is 0 Å². The van der Waals surface area contributed by atoms with Crippen LogP contribution in [0, 0.1) is 11.3 Å². The van der Waals surface area contributed by atoms with Gasteiger partial charge in [0.15, 0.2) is 0 Å². The normalized spacial score (nSPS) is 11.7. The van der Waals surface area contributed by atoms with E-state index in [-0.39, 0.29) is 0 Å². The predicted octanol–water partition coefficient (Wildman–Crippen LogP) is 1.26. The summed E-state index contributed by atoms with van der Waals surface area (Å²) in [6, 6.07) is 8.86. The van der Waals surface area contributed by atoms with Crippen molar-refractivity contribution in [3.8, 4) is 6.07 Å². The molecule has 62 valence electrons. The number of benzene rings is 1. The van der Waals surface area contributed by atoms with E-state index in [1.165, 1.54) is 0 Å². The minimum absolute atomic E-state index is 0.561. The Morgan fingerprint density at radius 3 is 2.92 bits per heavy atom. The predicted molar refractivity (Wildman–Crippen MR) is 48.8 cm³/mol. The molecule has 4 heteroatoms. The van der Waals surface area contributed by atoms with Crippen LogP contribution in [-0.2, 0) is 11.0 Å². The maximum Gasteiger partial charge on any atom is 0.113 e. The fraction of sp³-hybridized carbons (Fsp3) is 0.125. The van der Waals surface area contributed by atoms with Gasteiger partial charge >= 0.3 is 0 Å². The van der Waals surface area contributed by atoms with Crippen molar-refractivity contribution < 1.29 is 4.21 Å². The zero-order chi connectivity index (χ0) is 8.97. The van der Waals surface area contributed by atoms with Gasteiger partial charge in [0.25, 0.3) is 0 Å². The third kappa shape index (κ3) is 2.36. The van der Waals surface area contributed by atoms with Gasteiger partial charge in [0.2, 0.25) is 0 Å². The van der Waals surface area contributed by atoms with E-state index in [0.29, 0.717) is 11.3 Å². The largest absolute Gasteiger partial charge is 0.305 e. The van der Waals surface area contributed by atoms with Crippen molar-refractivity contribution in [2.75, 3.05) is 11.0 Å². The molecule has 1 rings (SSSR count). The Kier molecular flexibility index (Phi) is 2.83. The first-order valence-electron chi connectivity index (χ1n) is 3.32. The molecule has 0 saturated carbocycles. The van der Waals surface area contributed by atoms with E-state index < -0.39 is 11.0 Å². The molecule has 1 N–H and O–H groups in total. The highest BCUT2D eigenvalue weighted by molar-refractivity contribution is 7.85. The third-order valence-corrected chi connectivity index (χ3v) is 1.78. The molecule has 1 atom stereocenters. The average Bonchev–Trinajstić information content (AvgIpc) is 2.03. The van der Waals surface area contributed by atoms with E-state index in [4.69, 9.17) is 5.26 Å². The van der Waals surface area contributed by atoms with E-state index in [0.717, 1.165) is 0 Å². The van der Waals surface area contributed by atoms with Crippen molar-refractivity contribution >= 4 is 16.7 Å². The summed E-state index contributed by atoms with van der Waals surface area (Å²) in [4.78, 5) is 0. The quantitative estimate of drug-likeness (QED) is 0.745. The smallest absolute Gasteiger partial charge is 0.113 e. The van der Waals surface area contributed by atoms with Crippen LogP contribution in [0.25, 0.3) is 0 Å². The molecule has 0 aliphatic heterocycles. The molecule has 0 spiro atoms. The summed E-state index contributed by atoms with van der Waals surface area (Å²) >= 11 is 0. The molecule has 0 aromatic heterocycles. The Labute approximate surface area is 73.6 Å². The van der Waals surface area contributed by atoms with Gasteiger partial charge in [-0.1, -0.05) is 6.07 Å². The fourth-order valence-corrected chi connectivity index (χ4v) is 1.28. The second-order valence-electron chi connectivity index (χ2n) is 2.25. The molecule has 0 saturated heterocycles. The molecule has 0 heterocycles. The lowest BCUT2D eigenvalue weighted by Crippen LogP contribution is -2.00. The maximum atomic E-state index is 10.7. The molecule has 0 aliphatic carbocycles. The van der Waals surface area contributed by atoms with E-state index in [2.05, 4.69) is 4.72 Å². The minimum Gasteiger partial charge on any atom is -0.305 e. The number of nitrogens with zero attached hydrogens (tertiary/aromatic N) is 1. The molecule has 0 aliphatic rings. The van der Waals surface area contributed by atoms with Crippen LogP contribution >= 0.6 is 0 Å². The molecule has 1 unspecified atom stereocenters. The van der Waals surface area contributed by atoms with Gasteiger partial charge in [-0.2, -0.15) is 5.26 Å². The van der Waals surface area contributed by atoms with Gasteiger partial charge in [-0.3, -0.25) is 0 Å². The van der Waals surface area contributed by atoms with Crippen LogP contribution < -0.4 is 4.72 Å².